The van der Waals surface area contributed by atoms with Crippen LogP contribution in [0.5, 0.6) is 0 Å². The van der Waals surface area contributed by atoms with E-state index in [2.05, 4.69) is 10.0 Å². The fourth-order valence-corrected chi connectivity index (χ4v) is 2.97. The summed E-state index contributed by atoms with van der Waals surface area (Å²) in [5.74, 6) is -2.28. The summed E-state index contributed by atoms with van der Waals surface area (Å²) in [6.45, 7) is 5.57. The van der Waals surface area contributed by atoms with E-state index in [1.165, 1.54) is 0 Å². The number of sulfonamides is 1. The minimum atomic E-state index is -3.71. The molecule has 1 aromatic rings. The number of halogens is 2. The molecule has 2 N–H and O–H groups in total. The number of hydrogen-bond donors (Lipinski definition) is 2. The highest BCUT2D eigenvalue weighted by Crippen LogP contribution is 2.25. The van der Waals surface area contributed by atoms with E-state index in [0.717, 1.165) is 6.07 Å². The molecule has 0 aliphatic heterocycles. The van der Waals surface area contributed by atoms with Crippen molar-refractivity contribution in [2.75, 3.05) is 15.8 Å². The van der Waals surface area contributed by atoms with Crippen molar-refractivity contribution in [3.8, 4) is 0 Å². The first-order valence-electron chi connectivity index (χ1n) is 7.44. The predicted octanol–water partition coefficient (Wildman–Crippen LogP) is 3.49. The Labute approximate surface area is 135 Å². The zero-order valence-electron chi connectivity index (χ0n) is 13.4. The van der Waals surface area contributed by atoms with E-state index in [9.17, 15) is 22.0 Å². The van der Waals surface area contributed by atoms with Gasteiger partial charge in [0.2, 0.25) is 15.9 Å². The normalized spacial score (nSPS) is 11.6. The first-order chi connectivity index (χ1) is 10.6. The maximum atomic E-state index is 13.7. The van der Waals surface area contributed by atoms with Crippen LogP contribution in [0.1, 0.15) is 40.0 Å². The van der Waals surface area contributed by atoms with Gasteiger partial charge in [-0.2, -0.15) is 0 Å². The topological polar surface area (TPSA) is 75.3 Å². The molecular weight excluding hydrogens is 326 g/mol. The molecule has 0 heterocycles. The van der Waals surface area contributed by atoms with Gasteiger partial charge in [0, 0.05) is 12.5 Å². The lowest BCUT2D eigenvalue weighted by Gasteiger charge is -2.12. The van der Waals surface area contributed by atoms with Crippen molar-refractivity contribution < 1.29 is 22.0 Å². The Kier molecular flexibility index (Phi) is 6.93. The molecule has 1 amide bonds. The summed E-state index contributed by atoms with van der Waals surface area (Å²) in [4.78, 5) is 11.7. The summed E-state index contributed by atoms with van der Waals surface area (Å²) in [6, 6.07) is 1.49. The molecule has 130 valence electrons. The summed E-state index contributed by atoms with van der Waals surface area (Å²) >= 11 is 0. The van der Waals surface area contributed by atoms with Crippen LogP contribution in [0.3, 0.4) is 0 Å². The summed E-state index contributed by atoms with van der Waals surface area (Å²) in [5.41, 5.74) is -0.645. The van der Waals surface area contributed by atoms with Crippen molar-refractivity contribution in [3.05, 3.63) is 23.8 Å². The van der Waals surface area contributed by atoms with Gasteiger partial charge in [-0.1, -0.05) is 20.8 Å². The van der Waals surface area contributed by atoms with Crippen molar-refractivity contribution in [1.29, 1.82) is 0 Å². The maximum Gasteiger partial charge on any atom is 0.232 e. The number of amides is 1. The number of benzene rings is 1. The van der Waals surface area contributed by atoms with Gasteiger partial charge in [0.15, 0.2) is 0 Å². The highest BCUT2D eigenvalue weighted by Gasteiger charge is 2.16. The molecule has 0 radical (unpaired) electrons. The molecule has 0 saturated carbocycles. The van der Waals surface area contributed by atoms with Gasteiger partial charge in [0.05, 0.1) is 17.1 Å². The Balaban J connectivity index is 2.93. The third kappa shape index (κ3) is 6.52. The van der Waals surface area contributed by atoms with Gasteiger partial charge in [-0.3, -0.25) is 9.52 Å². The van der Waals surface area contributed by atoms with Crippen molar-refractivity contribution in [3.63, 3.8) is 0 Å². The van der Waals surface area contributed by atoms with E-state index in [-0.39, 0.29) is 23.5 Å². The Morgan fingerprint density at radius 1 is 1.17 bits per heavy atom. The molecule has 1 aromatic carbocycles. The van der Waals surface area contributed by atoms with Crippen molar-refractivity contribution >= 4 is 27.3 Å². The number of carbonyl (C=O) groups is 1. The number of hydrogen-bond acceptors (Lipinski definition) is 3. The highest BCUT2D eigenvalue weighted by molar-refractivity contribution is 7.92. The maximum absolute atomic E-state index is 13.7. The third-order valence-corrected chi connectivity index (χ3v) is 4.49. The van der Waals surface area contributed by atoms with Gasteiger partial charge in [0.1, 0.15) is 11.6 Å². The highest BCUT2D eigenvalue weighted by atomic mass is 32.2. The van der Waals surface area contributed by atoms with Crippen LogP contribution in [0.4, 0.5) is 20.2 Å². The van der Waals surface area contributed by atoms with Gasteiger partial charge in [0.25, 0.3) is 0 Å². The second kappa shape index (κ2) is 8.24. The van der Waals surface area contributed by atoms with Crippen LogP contribution in [0.25, 0.3) is 0 Å². The molecule has 23 heavy (non-hydrogen) atoms. The van der Waals surface area contributed by atoms with Crippen LogP contribution in [0.15, 0.2) is 12.1 Å². The van der Waals surface area contributed by atoms with Gasteiger partial charge in [-0.25, -0.2) is 17.2 Å². The molecule has 0 fully saturated rings. The molecular formula is C15H22F2N2O3S. The standard InChI is InChI=1S/C15H22F2N2O3S/c1-4-7-23(21,22)19-14-9-13(11(16)8-12(14)17)18-15(20)6-5-10(2)3/h8-10,19H,4-7H2,1-3H3,(H,18,20). The predicted molar refractivity (Wildman–Crippen MR) is 86.8 cm³/mol. The van der Waals surface area contributed by atoms with Crippen molar-refractivity contribution in [2.24, 2.45) is 5.92 Å². The molecule has 0 aliphatic carbocycles. The van der Waals surface area contributed by atoms with Gasteiger partial charge < -0.3 is 5.32 Å². The van der Waals surface area contributed by atoms with E-state index < -0.39 is 27.6 Å². The Morgan fingerprint density at radius 3 is 2.35 bits per heavy atom. The number of nitrogens with one attached hydrogen (secondary N) is 2. The number of rotatable bonds is 8. The lowest BCUT2D eigenvalue weighted by molar-refractivity contribution is -0.116. The van der Waals surface area contributed by atoms with E-state index in [4.69, 9.17) is 0 Å². The zero-order chi connectivity index (χ0) is 17.6. The van der Waals surface area contributed by atoms with E-state index in [0.29, 0.717) is 24.8 Å². The van der Waals surface area contributed by atoms with Gasteiger partial charge >= 0.3 is 0 Å². The molecule has 0 spiro atoms. The van der Waals surface area contributed by atoms with Gasteiger partial charge in [-0.05, 0) is 24.8 Å². The first kappa shape index (κ1) is 19.3. The minimum Gasteiger partial charge on any atom is -0.324 e. The summed E-state index contributed by atoms with van der Waals surface area (Å²) in [6.07, 6.45) is 1.19. The van der Waals surface area contributed by atoms with E-state index in [1.54, 1.807) is 6.92 Å². The molecule has 8 heteroatoms. The minimum absolute atomic E-state index is 0.181. The average Bonchev–Trinajstić information content (AvgIpc) is 2.41. The quantitative estimate of drug-likeness (QED) is 0.755. The lowest BCUT2D eigenvalue weighted by atomic mass is 10.1. The molecule has 0 bridgehead atoms. The lowest BCUT2D eigenvalue weighted by Crippen LogP contribution is -2.18. The summed E-state index contributed by atoms with van der Waals surface area (Å²) < 4.78 is 52.9. The molecule has 0 saturated heterocycles. The Morgan fingerprint density at radius 2 is 1.78 bits per heavy atom. The van der Waals surface area contributed by atoms with E-state index >= 15 is 0 Å². The van der Waals surface area contributed by atoms with Crippen LogP contribution >= 0.6 is 0 Å². The molecule has 0 aromatic heterocycles. The monoisotopic (exact) mass is 348 g/mol. The molecule has 0 atom stereocenters. The Hall–Kier alpha value is -1.70. The van der Waals surface area contributed by atoms with E-state index in [1.807, 2.05) is 13.8 Å². The first-order valence-corrected chi connectivity index (χ1v) is 9.09. The van der Waals surface area contributed by atoms with Crippen LogP contribution in [-0.2, 0) is 14.8 Å². The van der Waals surface area contributed by atoms with Crippen LogP contribution in [0, 0.1) is 17.6 Å². The summed E-state index contributed by atoms with van der Waals surface area (Å²) in [5, 5.41) is 2.34. The van der Waals surface area contributed by atoms with Crippen LogP contribution in [-0.4, -0.2) is 20.1 Å². The molecule has 0 unspecified atom stereocenters. The zero-order valence-corrected chi connectivity index (χ0v) is 14.3. The molecule has 0 aliphatic rings. The molecule has 5 nitrogen and oxygen atoms in total. The largest absolute Gasteiger partial charge is 0.324 e. The second-order valence-electron chi connectivity index (χ2n) is 5.71. The fraction of sp³-hybridized carbons (Fsp3) is 0.533. The second-order valence-corrected chi connectivity index (χ2v) is 7.56. The summed E-state index contributed by atoms with van der Waals surface area (Å²) in [7, 11) is -3.71. The SMILES string of the molecule is CCCS(=O)(=O)Nc1cc(NC(=O)CCC(C)C)c(F)cc1F. The smallest absolute Gasteiger partial charge is 0.232 e. The number of carbonyl (C=O) groups excluding carboxylic acids is 1. The van der Waals surface area contributed by atoms with Crippen LogP contribution in [0.2, 0.25) is 0 Å². The Bertz CT molecular complexity index is 661. The van der Waals surface area contributed by atoms with Crippen molar-refractivity contribution in [1.82, 2.24) is 0 Å². The van der Waals surface area contributed by atoms with Crippen LogP contribution < -0.4 is 10.0 Å². The molecule has 1 rings (SSSR count). The fourth-order valence-electron chi connectivity index (χ4n) is 1.84. The number of anilines is 2. The van der Waals surface area contributed by atoms with Crippen molar-refractivity contribution in [2.45, 2.75) is 40.0 Å². The third-order valence-electron chi connectivity index (χ3n) is 3.02. The van der Waals surface area contributed by atoms with Gasteiger partial charge in [-0.15, -0.1) is 0 Å². The average molecular weight is 348 g/mol.